The first-order chi connectivity index (χ1) is 4.48. The van der Waals surface area contributed by atoms with Gasteiger partial charge in [0, 0.05) is 12.8 Å². The molecule has 0 heterocycles. The van der Waals surface area contributed by atoms with Crippen LogP contribution in [-0.4, -0.2) is 18.9 Å². The molecule has 0 aliphatic rings. The van der Waals surface area contributed by atoms with Crippen LogP contribution in [0.15, 0.2) is 4.99 Å². The summed E-state index contributed by atoms with van der Waals surface area (Å²) in [4.78, 5) is 3.49. The van der Waals surface area contributed by atoms with E-state index in [1.165, 1.54) is 0 Å². The van der Waals surface area contributed by atoms with E-state index in [0.717, 1.165) is 13.1 Å². The van der Waals surface area contributed by atoms with Crippen molar-refractivity contribution in [1.29, 1.82) is 0 Å². The van der Waals surface area contributed by atoms with Gasteiger partial charge in [0.05, 0.1) is 5.92 Å². The third-order valence-corrected chi connectivity index (χ3v) is 1.03. The number of nitrogens with zero attached hydrogens (tertiary/aromatic N) is 1. The van der Waals surface area contributed by atoms with Gasteiger partial charge < -0.3 is 0 Å². The molecule has 0 spiro atoms. The second kappa shape index (κ2) is 3.58. The van der Waals surface area contributed by atoms with Crippen molar-refractivity contribution in [2.75, 3.05) is 6.54 Å². The topological polar surface area (TPSA) is 12.4 Å². The lowest BCUT2D eigenvalue weighted by atomic mass is 10.2. The molecule has 0 fully saturated rings. The molecular formula is C6H10F3N. The highest BCUT2D eigenvalue weighted by molar-refractivity contribution is 5.61. The van der Waals surface area contributed by atoms with Crippen molar-refractivity contribution in [3.8, 4) is 0 Å². The quantitative estimate of drug-likeness (QED) is 0.539. The minimum absolute atomic E-state index is 0.403. The van der Waals surface area contributed by atoms with E-state index in [9.17, 15) is 13.2 Å². The van der Waals surface area contributed by atoms with Gasteiger partial charge in [-0.1, -0.05) is 0 Å². The number of rotatable bonds is 2. The third kappa shape index (κ3) is 3.48. The largest absolute Gasteiger partial charge is 0.396 e. The molecular weight excluding hydrogens is 143 g/mol. The summed E-state index contributed by atoms with van der Waals surface area (Å²) < 4.78 is 35.0. The van der Waals surface area contributed by atoms with E-state index in [0.29, 0.717) is 6.54 Å². The van der Waals surface area contributed by atoms with Crippen LogP contribution < -0.4 is 0 Å². The fraction of sp³-hybridized carbons (Fsp3) is 0.833. The Balaban J connectivity index is 3.84. The molecule has 0 aliphatic carbocycles. The predicted molar refractivity (Wildman–Crippen MR) is 34.3 cm³/mol. The summed E-state index contributed by atoms with van der Waals surface area (Å²) in [7, 11) is 0. The predicted octanol–water partition coefficient (Wildman–Crippen LogP) is 2.28. The molecule has 0 rings (SSSR count). The molecule has 1 nitrogen and oxygen atoms in total. The Morgan fingerprint density at radius 3 is 2.30 bits per heavy atom. The molecule has 0 saturated carbocycles. The van der Waals surface area contributed by atoms with Gasteiger partial charge in [-0.2, -0.15) is 13.2 Å². The number of halogens is 3. The Bertz CT molecular complexity index is 117. The van der Waals surface area contributed by atoms with Crippen molar-refractivity contribution in [3.63, 3.8) is 0 Å². The molecule has 0 amide bonds. The van der Waals surface area contributed by atoms with Crippen LogP contribution in [0.5, 0.6) is 0 Å². The van der Waals surface area contributed by atoms with Gasteiger partial charge in [-0.3, -0.25) is 4.99 Å². The maximum absolute atomic E-state index is 11.7. The van der Waals surface area contributed by atoms with Crippen molar-refractivity contribution in [1.82, 2.24) is 0 Å². The van der Waals surface area contributed by atoms with Crippen molar-refractivity contribution in [2.24, 2.45) is 10.9 Å². The van der Waals surface area contributed by atoms with E-state index in [4.69, 9.17) is 0 Å². The van der Waals surface area contributed by atoms with E-state index in [-0.39, 0.29) is 0 Å². The molecule has 0 radical (unpaired) electrons. The Morgan fingerprint density at radius 1 is 1.50 bits per heavy atom. The highest BCUT2D eigenvalue weighted by Crippen LogP contribution is 2.23. The molecule has 0 N–H and O–H groups in total. The minimum atomic E-state index is -4.14. The molecule has 0 saturated heterocycles. The normalized spacial score (nSPS) is 16.1. The first-order valence-corrected chi connectivity index (χ1v) is 3.05. The Morgan fingerprint density at radius 2 is 2.00 bits per heavy atom. The number of hydrogen-bond acceptors (Lipinski definition) is 1. The Hall–Kier alpha value is -0.540. The summed E-state index contributed by atoms with van der Waals surface area (Å²) in [5.41, 5.74) is 0. The summed E-state index contributed by atoms with van der Waals surface area (Å²) in [6, 6.07) is 0. The molecule has 0 aromatic carbocycles. The summed E-state index contributed by atoms with van der Waals surface area (Å²) in [6.45, 7) is 3.18. The van der Waals surface area contributed by atoms with E-state index in [1.54, 1.807) is 6.92 Å². The maximum atomic E-state index is 11.7. The van der Waals surface area contributed by atoms with Crippen LogP contribution in [0.25, 0.3) is 0 Å². The van der Waals surface area contributed by atoms with Gasteiger partial charge in [-0.25, -0.2) is 0 Å². The fourth-order valence-corrected chi connectivity index (χ4v) is 0.348. The zero-order valence-corrected chi connectivity index (χ0v) is 5.94. The maximum Gasteiger partial charge on any atom is 0.396 e. The summed E-state index contributed by atoms with van der Waals surface area (Å²) in [6.07, 6.45) is -3.21. The van der Waals surface area contributed by atoms with Crippen LogP contribution in [0.2, 0.25) is 0 Å². The van der Waals surface area contributed by atoms with Crippen molar-refractivity contribution in [3.05, 3.63) is 0 Å². The first kappa shape index (κ1) is 9.46. The van der Waals surface area contributed by atoms with E-state index in [1.807, 2.05) is 0 Å². The van der Waals surface area contributed by atoms with Gasteiger partial charge in [0.2, 0.25) is 0 Å². The monoisotopic (exact) mass is 153 g/mol. The second-order valence-corrected chi connectivity index (χ2v) is 1.98. The zero-order chi connectivity index (χ0) is 8.20. The fourth-order valence-electron chi connectivity index (χ4n) is 0.348. The second-order valence-electron chi connectivity index (χ2n) is 1.98. The van der Waals surface area contributed by atoms with Crippen LogP contribution in [0.3, 0.4) is 0 Å². The van der Waals surface area contributed by atoms with Crippen molar-refractivity contribution >= 4 is 6.21 Å². The lowest BCUT2D eigenvalue weighted by Crippen LogP contribution is -2.20. The van der Waals surface area contributed by atoms with E-state index < -0.39 is 12.1 Å². The molecule has 4 heteroatoms. The number of alkyl halides is 3. The standard InChI is InChI=1S/C6H10F3N/c1-3-10-4-5(2)6(7,8)9/h4-5H,3H2,1-2H3. The SMILES string of the molecule is CCN=CC(C)C(F)(F)F. The summed E-state index contributed by atoms with van der Waals surface area (Å²) in [5.74, 6) is -1.42. The molecule has 0 aromatic rings. The molecule has 0 aromatic heterocycles. The van der Waals surface area contributed by atoms with Gasteiger partial charge in [-0.05, 0) is 13.8 Å². The Kier molecular flexibility index (Phi) is 3.39. The first-order valence-electron chi connectivity index (χ1n) is 3.05. The van der Waals surface area contributed by atoms with Gasteiger partial charge >= 0.3 is 6.18 Å². The van der Waals surface area contributed by atoms with Crippen LogP contribution in [0.4, 0.5) is 13.2 Å². The van der Waals surface area contributed by atoms with Gasteiger partial charge in [0.1, 0.15) is 0 Å². The van der Waals surface area contributed by atoms with Crippen LogP contribution in [0, 0.1) is 5.92 Å². The van der Waals surface area contributed by atoms with Gasteiger partial charge in [0.15, 0.2) is 0 Å². The molecule has 60 valence electrons. The average molecular weight is 153 g/mol. The van der Waals surface area contributed by atoms with E-state index in [2.05, 4.69) is 4.99 Å². The van der Waals surface area contributed by atoms with Gasteiger partial charge in [0.25, 0.3) is 0 Å². The highest BCUT2D eigenvalue weighted by Gasteiger charge is 2.34. The zero-order valence-electron chi connectivity index (χ0n) is 5.94. The number of aliphatic imine (C=N–C) groups is 1. The number of hydrogen-bond donors (Lipinski definition) is 0. The minimum Gasteiger partial charge on any atom is -0.297 e. The van der Waals surface area contributed by atoms with Crippen molar-refractivity contribution in [2.45, 2.75) is 20.0 Å². The third-order valence-electron chi connectivity index (χ3n) is 1.03. The Labute approximate surface area is 58.0 Å². The molecule has 0 aliphatic heterocycles. The molecule has 10 heavy (non-hydrogen) atoms. The molecule has 0 bridgehead atoms. The smallest absolute Gasteiger partial charge is 0.297 e. The van der Waals surface area contributed by atoms with Gasteiger partial charge in [-0.15, -0.1) is 0 Å². The van der Waals surface area contributed by atoms with Crippen molar-refractivity contribution < 1.29 is 13.2 Å². The van der Waals surface area contributed by atoms with Crippen LogP contribution >= 0.6 is 0 Å². The lowest BCUT2D eigenvalue weighted by molar-refractivity contribution is -0.149. The van der Waals surface area contributed by atoms with E-state index >= 15 is 0 Å². The average Bonchev–Trinajstić information content (AvgIpc) is 1.80. The highest BCUT2D eigenvalue weighted by atomic mass is 19.4. The lowest BCUT2D eigenvalue weighted by Gasteiger charge is -2.09. The summed E-state index contributed by atoms with van der Waals surface area (Å²) >= 11 is 0. The molecule has 1 unspecified atom stereocenters. The van der Waals surface area contributed by atoms with Crippen LogP contribution in [0.1, 0.15) is 13.8 Å². The summed E-state index contributed by atoms with van der Waals surface area (Å²) in [5, 5.41) is 0. The van der Waals surface area contributed by atoms with Crippen LogP contribution in [-0.2, 0) is 0 Å². The molecule has 1 atom stereocenters.